The molecule has 0 saturated carbocycles. The zero-order valence-electron chi connectivity index (χ0n) is 15.3. The zero-order valence-corrected chi connectivity index (χ0v) is 17.7. The molecule has 2 aromatic carbocycles. The van der Waals surface area contributed by atoms with Crippen molar-refractivity contribution in [3.8, 4) is 5.75 Å². The molecule has 3 rings (SSSR count). The van der Waals surface area contributed by atoms with Gasteiger partial charge in [0.1, 0.15) is 5.75 Å². The predicted molar refractivity (Wildman–Crippen MR) is 114 cm³/mol. The van der Waals surface area contributed by atoms with Crippen LogP contribution in [0.25, 0.3) is 0 Å². The molecule has 0 aliphatic rings. The molecule has 1 heterocycles. The fourth-order valence-electron chi connectivity index (χ4n) is 2.40. The number of amides is 1. The fourth-order valence-corrected chi connectivity index (χ4v) is 4.37. The van der Waals surface area contributed by atoms with Crippen LogP contribution < -0.4 is 14.8 Å². The quantitative estimate of drug-likeness (QED) is 0.529. The lowest BCUT2D eigenvalue weighted by Gasteiger charge is -2.18. The summed E-state index contributed by atoms with van der Waals surface area (Å²) in [5.74, 6) is 0.0646. The molecule has 152 valence electrons. The van der Waals surface area contributed by atoms with Crippen molar-refractivity contribution in [3.63, 3.8) is 0 Å². The monoisotopic (exact) mass is 451 g/mol. The Hall–Kier alpha value is -2.62. The smallest absolute Gasteiger partial charge is 0.265 e. The first-order chi connectivity index (χ1) is 13.9. The van der Waals surface area contributed by atoms with Crippen LogP contribution in [-0.2, 0) is 14.8 Å². The Morgan fingerprint density at radius 3 is 2.55 bits per heavy atom. The van der Waals surface area contributed by atoms with Gasteiger partial charge in [-0.25, -0.2) is 13.4 Å². The van der Waals surface area contributed by atoms with Crippen LogP contribution in [0.3, 0.4) is 0 Å². The van der Waals surface area contributed by atoms with Gasteiger partial charge in [0, 0.05) is 17.3 Å². The summed E-state index contributed by atoms with van der Waals surface area (Å²) in [5.41, 5.74) is 0.449. The highest BCUT2D eigenvalue weighted by atomic mass is 35.5. The molecule has 1 atom stereocenters. The fraction of sp³-hybridized carbons (Fsp3) is 0.158. The molecule has 1 aromatic heterocycles. The van der Waals surface area contributed by atoms with Crippen molar-refractivity contribution < 1.29 is 17.9 Å². The largest absolute Gasteiger partial charge is 0.479 e. The van der Waals surface area contributed by atoms with Gasteiger partial charge in [-0.1, -0.05) is 30.7 Å². The Morgan fingerprint density at radius 2 is 1.93 bits per heavy atom. The number of rotatable bonds is 8. The third-order valence-corrected chi connectivity index (χ3v) is 6.34. The third kappa shape index (κ3) is 5.47. The number of carbonyl (C=O) groups is 1. The van der Waals surface area contributed by atoms with Crippen LogP contribution in [0.4, 0.5) is 10.8 Å². The molecule has 7 nitrogen and oxygen atoms in total. The number of para-hydroxylation sites is 1. The molecular weight excluding hydrogens is 434 g/mol. The average Bonchev–Trinajstić information content (AvgIpc) is 3.20. The van der Waals surface area contributed by atoms with Gasteiger partial charge in [0.05, 0.1) is 9.92 Å². The molecule has 3 aromatic rings. The first kappa shape index (κ1) is 21.1. The van der Waals surface area contributed by atoms with Gasteiger partial charge in [-0.15, -0.1) is 11.3 Å². The molecule has 0 fully saturated rings. The Balaban J connectivity index is 1.66. The molecular formula is C19H18ClN3O4S2. The molecule has 29 heavy (non-hydrogen) atoms. The predicted octanol–water partition coefficient (Wildman–Crippen LogP) is 4.39. The van der Waals surface area contributed by atoms with Crippen molar-refractivity contribution in [3.05, 3.63) is 65.1 Å². The second kappa shape index (κ2) is 9.25. The summed E-state index contributed by atoms with van der Waals surface area (Å²) in [7, 11) is -3.75. The molecule has 0 radical (unpaired) electrons. The molecule has 0 aliphatic heterocycles. The van der Waals surface area contributed by atoms with Gasteiger partial charge in [-0.2, -0.15) is 0 Å². The SMILES string of the molecule is CC[C@H](Oc1ccccc1Cl)C(=O)Nc1ccc(S(=O)(=O)Nc2nccs2)cc1. The van der Waals surface area contributed by atoms with Crippen LogP contribution in [0, 0.1) is 0 Å². The Bertz CT molecular complexity index is 1070. The second-order valence-corrected chi connectivity index (χ2v) is 8.89. The van der Waals surface area contributed by atoms with Crippen molar-refractivity contribution in [1.82, 2.24) is 4.98 Å². The molecule has 1 amide bonds. The lowest BCUT2D eigenvalue weighted by atomic mass is 10.2. The van der Waals surface area contributed by atoms with E-state index in [1.165, 1.54) is 41.8 Å². The van der Waals surface area contributed by atoms with Gasteiger partial charge in [-0.05, 0) is 42.8 Å². The number of benzene rings is 2. The van der Waals surface area contributed by atoms with E-state index < -0.39 is 16.1 Å². The minimum absolute atomic E-state index is 0.0602. The van der Waals surface area contributed by atoms with Crippen LogP contribution in [0.15, 0.2) is 65.0 Å². The highest BCUT2D eigenvalue weighted by molar-refractivity contribution is 7.93. The van der Waals surface area contributed by atoms with E-state index in [0.717, 1.165) is 0 Å². The Morgan fingerprint density at radius 1 is 1.21 bits per heavy atom. The van der Waals surface area contributed by atoms with E-state index in [0.29, 0.717) is 22.9 Å². The van der Waals surface area contributed by atoms with E-state index in [2.05, 4.69) is 15.0 Å². The Kier molecular flexibility index (Phi) is 6.73. The highest BCUT2D eigenvalue weighted by Crippen LogP contribution is 2.25. The van der Waals surface area contributed by atoms with Crippen LogP contribution in [0.2, 0.25) is 5.02 Å². The maximum atomic E-state index is 12.5. The molecule has 0 saturated heterocycles. The number of aromatic nitrogens is 1. The first-order valence-corrected chi connectivity index (χ1v) is 11.4. The van der Waals surface area contributed by atoms with Crippen LogP contribution >= 0.6 is 22.9 Å². The van der Waals surface area contributed by atoms with E-state index in [1.807, 2.05) is 6.92 Å². The van der Waals surface area contributed by atoms with E-state index in [4.69, 9.17) is 16.3 Å². The van der Waals surface area contributed by atoms with Crippen molar-refractivity contribution in [2.24, 2.45) is 0 Å². The number of ether oxygens (including phenoxy) is 1. The summed E-state index contributed by atoms with van der Waals surface area (Å²) in [6.45, 7) is 1.82. The van der Waals surface area contributed by atoms with Crippen molar-refractivity contribution in [2.75, 3.05) is 10.0 Å². The number of anilines is 2. The summed E-state index contributed by atoms with van der Waals surface area (Å²) in [5, 5.41) is 5.10. The van der Waals surface area contributed by atoms with Crippen molar-refractivity contribution >= 4 is 49.7 Å². The maximum Gasteiger partial charge on any atom is 0.265 e. The number of thiazole rings is 1. The number of carbonyl (C=O) groups excluding carboxylic acids is 1. The highest BCUT2D eigenvalue weighted by Gasteiger charge is 2.20. The van der Waals surface area contributed by atoms with Crippen LogP contribution in [0.5, 0.6) is 5.75 Å². The molecule has 0 unspecified atom stereocenters. The lowest BCUT2D eigenvalue weighted by molar-refractivity contribution is -0.122. The Labute approximate surface area is 177 Å². The van der Waals surface area contributed by atoms with Gasteiger partial charge >= 0.3 is 0 Å². The van der Waals surface area contributed by atoms with Gasteiger partial charge in [0.2, 0.25) is 0 Å². The zero-order chi connectivity index (χ0) is 20.9. The number of halogens is 1. The van der Waals surface area contributed by atoms with Gasteiger partial charge in [-0.3, -0.25) is 9.52 Å². The molecule has 0 spiro atoms. The summed E-state index contributed by atoms with van der Waals surface area (Å²) in [4.78, 5) is 16.5. The summed E-state index contributed by atoms with van der Waals surface area (Å²) >= 11 is 7.26. The van der Waals surface area contributed by atoms with Crippen LogP contribution in [-0.4, -0.2) is 25.4 Å². The minimum Gasteiger partial charge on any atom is -0.479 e. The number of nitrogens with zero attached hydrogens (tertiary/aromatic N) is 1. The molecule has 0 bridgehead atoms. The van der Waals surface area contributed by atoms with Gasteiger partial charge < -0.3 is 10.1 Å². The van der Waals surface area contributed by atoms with E-state index in [9.17, 15) is 13.2 Å². The third-order valence-electron chi connectivity index (χ3n) is 3.86. The van der Waals surface area contributed by atoms with E-state index >= 15 is 0 Å². The average molecular weight is 452 g/mol. The molecule has 2 N–H and O–H groups in total. The second-order valence-electron chi connectivity index (χ2n) is 5.90. The maximum absolute atomic E-state index is 12.5. The summed E-state index contributed by atoms with van der Waals surface area (Å²) in [6, 6.07) is 12.7. The van der Waals surface area contributed by atoms with Crippen molar-refractivity contribution in [2.45, 2.75) is 24.3 Å². The normalized spacial score (nSPS) is 12.2. The number of hydrogen-bond donors (Lipinski definition) is 2. The summed E-state index contributed by atoms with van der Waals surface area (Å²) < 4.78 is 32.8. The number of hydrogen-bond acceptors (Lipinski definition) is 6. The lowest BCUT2D eigenvalue weighted by Crippen LogP contribution is -2.32. The van der Waals surface area contributed by atoms with Crippen LogP contribution in [0.1, 0.15) is 13.3 Å². The number of nitrogens with one attached hydrogen (secondary N) is 2. The molecule has 10 heteroatoms. The minimum atomic E-state index is -3.75. The van der Waals surface area contributed by atoms with E-state index in [1.54, 1.807) is 29.6 Å². The van der Waals surface area contributed by atoms with Gasteiger partial charge in [0.25, 0.3) is 15.9 Å². The molecule has 0 aliphatic carbocycles. The topological polar surface area (TPSA) is 97.4 Å². The number of sulfonamides is 1. The van der Waals surface area contributed by atoms with Crippen molar-refractivity contribution in [1.29, 1.82) is 0 Å². The standard InChI is InChI=1S/C19H18ClN3O4S2/c1-2-16(27-17-6-4-3-5-15(17)20)18(24)22-13-7-9-14(10-8-13)29(25,26)23-19-21-11-12-28-19/h3-12,16H,2H2,1H3,(H,21,23)(H,22,24)/t16-/m0/s1. The van der Waals surface area contributed by atoms with E-state index in [-0.39, 0.29) is 15.9 Å². The first-order valence-electron chi connectivity index (χ1n) is 8.63. The van der Waals surface area contributed by atoms with Gasteiger partial charge in [0.15, 0.2) is 11.2 Å². The summed E-state index contributed by atoms with van der Waals surface area (Å²) in [6.07, 6.45) is 1.20.